The van der Waals surface area contributed by atoms with Crippen LogP contribution in [-0.2, 0) is 0 Å². The fourth-order valence-corrected chi connectivity index (χ4v) is 2.41. The Bertz CT molecular complexity index is 157. The Hall–Kier alpha value is -0.120. The van der Waals surface area contributed by atoms with Crippen LogP contribution in [-0.4, -0.2) is 36.4 Å². The second-order valence-electron chi connectivity index (χ2n) is 4.33. The second kappa shape index (κ2) is 4.40. The van der Waals surface area contributed by atoms with Gasteiger partial charge in [0.15, 0.2) is 0 Å². The van der Waals surface area contributed by atoms with E-state index in [0.717, 1.165) is 13.1 Å². The highest BCUT2D eigenvalue weighted by Crippen LogP contribution is 2.18. The van der Waals surface area contributed by atoms with Crippen molar-refractivity contribution >= 4 is 0 Å². The molecule has 3 heteroatoms. The van der Waals surface area contributed by atoms with Gasteiger partial charge in [-0.3, -0.25) is 0 Å². The minimum absolute atomic E-state index is 0.179. The SMILES string of the molecule is O[C@@H]1CNC[C@H]1NC1CCCCC1. The summed E-state index contributed by atoms with van der Waals surface area (Å²) in [6.45, 7) is 1.68. The number of hydrogen-bond donors (Lipinski definition) is 3. The zero-order valence-electron chi connectivity index (χ0n) is 8.13. The van der Waals surface area contributed by atoms with Gasteiger partial charge in [0.05, 0.1) is 6.10 Å². The molecule has 0 aromatic carbocycles. The molecule has 1 aliphatic carbocycles. The predicted octanol–water partition coefficient (Wildman–Crippen LogP) is 0.241. The van der Waals surface area contributed by atoms with E-state index in [-0.39, 0.29) is 6.10 Å². The van der Waals surface area contributed by atoms with Crippen LogP contribution in [0.5, 0.6) is 0 Å². The molecule has 0 bridgehead atoms. The minimum Gasteiger partial charge on any atom is -0.390 e. The summed E-state index contributed by atoms with van der Waals surface area (Å²) in [6, 6.07) is 0.955. The van der Waals surface area contributed by atoms with Gasteiger partial charge in [-0.05, 0) is 12.8 Å². The van der Waals surface area contributed by atoms with Gasteiger partial charge < -0.3 is 15.7 Å². The van der Waals surface area contributed by atoms with E-state index in [1.165, 1.54) is 32.1 Å². The molecule has 2 atom stereocenters. The molecule has 0 unspecified atom stereocenters. The van der Waals surface area contributed by atoms with Crippen LogP contribution in [0.1, 0.15) is 32.1 Å². The quantitative estimate of drug-likeness (QED) is 0.576. The Labute approximate surface area is 79.9 Å². The van der Waals surface area contributed by atoms with Gasteiger partial charge in [0.2, 0.25) is 0 Å². The number of β-amino-alcohol motifs (C(OH)–C–C–N with tert-alkyl or cyclic N) is 1. The molecule has 0 aromatic heterocycles. The fraction of sp³-hybridized carbons (Fsp3) is 1.00. The lowest BCUT2D eigenvalue weighted by atomic mass is 9.94. The Morgan fingerprint density at radius 1 is 1.08 bits per heavy atom. The van der Waals surface area contributed by atoms with Crippen molar-refractivity contribution in [2.75, 3.05) is 13.1 Å². The predicted molar refractivity (Wildman–Crippen MR) is 52.7 cm³/mol. The Balaban J connectivity index is 1.75. The molecule has 0 radical (unpaired) electrons. The average molecular weight is 184 g/mol. The zero-order chi connectivity index (χ0) is 9.10. The first-order valence-corrected chi connectivity index (χ1v) is 5.51. The maximum atomic E-state index is 9.59. The van der Waals surface area contributed by atoms with Crippen molar-refractivity contribution in [1.29, 1.82) is 0 Å². The third-order valence-corrected chi connectivity index (χ3v) is 3.24. The molecule has 1 saturated heterocycles. The molecular formula is C10H20N2O. The van der Waals surface area contributed by atoms with Crippen LogP contribution in [0.15, 0.2) is 0 Å². The van der Waals surface area contributed by atoms with Gasteiger partial charge in [-0.2, -0.15) is 0 Å². The standard InChI is InChI=1S/C10H20N2O/c13-10-7-11-6-9(10)12-8-4-2-1-3-5-8/h8-13H,1-7H2/t9-,10-/m1/s1. The van der Waals surface area contributed by atoms with E-state index in [2.05, 4.69) is 10.6 Å². The van der Waals surface area contributed by atoms with Gasteiger partial charge in [0.25, 0.3) is 0 Å². The van der Waals surface area contributed by atoms with E-state index < -0.39 is 0 Å². The monoisotopic (exact) mass is 184 g/mol. The summed E-state index contributed by atoms with van der Waals surface area (Å²) < 4.78 is 0. The van der Waals surface area contributed by atoms with E-state index in [9.17, 15) is 5.11 Å². The largest absolute Gasteiger partial charge is 0.390 e. The van der Waals surface area contributed by atoms with E-state index in [0.29, 0.717) is 12.1 Å². The Kier molecular flexibility index (Phi) is 3.19. The molecule has 2 rings (SSSR count). The number of hydrogen-bond acceptors (Lipinski definition) is 3. The van der Waals surface area contributed by atoms with Gasteiger partial charge in [-0.15, -0.1) is 0 Å². The molecule has 3 nitrogen and oxygen atoms in total. The van der Waals surface area contributed by atoms with Gasteiger partial charge in [-0.1, -0.05) is 19.3 Å². The van der Waals surface area contributed by atoms with E-state index in [1.54, 1.807) is 0 Å². The zero-order valence-corrected chi connectivity index (χ0v) is 8.13. The molecular weight excluding hydrogens is 164 g/mol. The van der Waals surface area contributed by atoms with Crippen molar-refractivity contribution in [3.8, 4) is 0 Å². The summed E-state index contributed by atoms with van der Waals surface area (Å²) in [4.78, 5) is 0. The lowest BCUT2D eigenvalue weighted by Gasteiger charge is -2.27. The van der Waals surface area contributed by atoms with Crippen LogP contribution in [0, 0.1) is 0 Å². The van der Waals surface area contributed by atoms with Crippen molar-refractivity contribution in [3.63, 3.8) is 0 Å². The first-order chi connectivity index (χ1) is 6.36. The molecule has 76 valence electrons. The molecule has 2 aliphatic rings. The van der Waals surface area contributed by atoms with Gasteiger partial charge in [0, 0.05) is 25.2 Å². The Morgan fingerprint density at radius 3 is 2.46 bits per heavy atom. The highest BCUT2D eigenvalue weighted by atomic mass is 16.3. The van der Waals surface area contributed by atoms with Crippen molar-refractivity contribution in [1.82, 2.24) is 10.6 Å². The smallest absolute Gasteiger partial charge is 0.0829 e. The average Bonchev–Trinajstić information content (AvgIpc) is 2.54. The number of rotatable bonds is 2. The maximum Gasteiger partial charge on any atom is 0.0829 e. The highest BCUT2D eigenvalue weighted by molar-refractivity contribution is 4.89. The molecule has 0 spiro atoms. The van der Waals surface area contributed by atoms with Crippen LogP contribution in [0.3, 0.4) is 0 Å². The van der Waals surface area contributed by atoms with E-state index in [1.807, 2.05) is 0 Å². The lowest BCUT2D eigenvalue weighted by molar-refractivity contribution is 0.151. The van der Waals surface area contributed by atoms with Gasteiger partial charge in [-0.25, -0.2) is 0 Å². The summed E-state index contributed by atoms with van der Waals surface area (Å²) in [6.07, 6.45) is 6.51. The van der Waals surface area contributed by atoms with Crippen LogP contribution >= 0.6 is 0 Å². The summed E-state index contributed by atoms with van der Waals surface area (Å²) in [7, 11) is 0. The van der Waals surface area contributed by atoms with Crippen molar-refractivity contribution in [2.45, 2.75) is 50.3 Å². The van der Waals surface area contributed by atoms with Crippen molar-refractivity contribution in [2.24, 2.45) is 0 Å². The molecule has 3 N–H and O–H groups in total. The number of aliphatic hydroxyl groups excluding tert-OH is 1. The highest BCUT2D eigenvalue weighted by Gasteiger charge is 2.27. The van der Waals surface area contributed by atoms with Crippen molar-refractivity contribution in [3.05, 3.63) is 0 Å². The first-order valence-electron chi connectivity index (χ1n) is 5.51. The number of nitrogens with one attached hydrogen (secondary N) is 2. The number of aliphatic hydroxyl groups is 1. The molecule has 0 aromatic rings. The molecule has 2 fully saturated rings. The summed E-state index contributed by atoms with van der Waals surface area (Å²) >= 11 is 0. The molecule has 1 saturated carbocycles. The van der Waals surface area contributed by atoms with Crippen molar-refractivity contribution < 1.29 is 5.11 Å². The fourth-order valence-electron chi connectivity index (χ4n) is 2.41. The van der Waals surface area contributed by atoms with Crippen LogP contribution < -0.4 is 10.6 Å². The Morgan fingerprint density at radius 2 is 1.85 bits per heavy atom. The first kappa shape index (κ1) is 9.44. The molecule has 13 heavy (non-hydrogen) atoms. The van der Waals surface area contributed by atoms with Crippen LogP contribution in [0.2, 0.25) is 0 Å². The topological polar surface area (TPSA) is 44.3 Å². The molecule has 0 amide bonds. The lowest BCUT2D eigenvalue weighted by Crippen LogP contribution is -2.45. The minimum atomic E-state index is -0.179. The van der Waals surface area contributed by atoms with Gasteiger partial charge >= 0.3 is 0 Å². The maximum absolute atomic E-state index is 9.59. The van der Waals surface area contributed by atoms with Gasteiger partial charge in [0.1, 0.15) is 0 Å². The molecule has 1 heterocycles. The van der Waals surface area contributed by atoms with Crippen LogP contribution in [0.25, 0.3) is 0 Å². The summed E-state index contributed by atoms with van der Waals surface area (Å²) in [5, 5.41) is 16.3. The summed E-state index contributed by atoms with van der Waals surface area (Å²) in [5.41, 5.74) is 0. The van der Waals surface area contributed by atoms with Crippen LogP contribution in [0.4, 0.5) is 0 Å². The third-order valence-electron chi connectivity index (χ3n) is 3.24. The second-order valence-corrected chi connectivity index (χ2v) is 4.33. The third kappa shape index (κ3) is 2.42. The molecule has 1 aliphatic heterocycles. The summed E-state index contributed by atoms with van der Waals surface area (Å²) in [5.74, 6) is 0. The normalized spacial score (nSPS) is 36.7. The van der Waals surface area contributed by atoms with E-state index in [4.69, 9.17) is 0 Å². The van der Waals surface area contributed by atoms with E-state index >= 15 is 0 Å².